The lowest BCUT2D eigenvalue weighted by Crippen LogP contribution is -2.41. The number of aromatic nitrogens is 1. The molecular formula is C19H19N3O4. The summed E-state index contributed by atoms with van der Waals surface area (Å²) in [4.78, 5) is 41.6. The molecule has 0 aliphatic carbocycles. The molecule has 1 aliphatic heterocycles. The summed E-state index contributed by atoms with van der Waals surface area (Å²) >= 11 is 0. The van der Waals surface area contributed by atoms with E-state index in [1.807, 2.05) is 30.3 Å². The number of hydrogen-bond donors (Lipinski definition) is 1. The lowest BCUT2D eigenvalue weighted by atomic mass is 10.1. The summed E-state index contributed by atoms with van der Waals surface area (Å²) in [5.41, 5.74) is 2.49. The summed E-state index contributed by atoms with van der Waals surface area (Å²) in [5, 5.41) is 2.54. The summed E-state index contributed by atoms with van der Waals surface area (Å²) in [6.45, 7) is 3.83. The zero-order chi connectivity index (χ0) is 18.7. The second-order valence-corrected chi connectivity index (χ2v) is 5.96. The highest BCUT2D eigenvalue weighted by atomic mass is 16.5. The Morgan fingerprint density at radius 2 is 1.92 bits per heavy atom. The molecule has 0 saturated carbocycles. The number of ether oxygens (including phenoxy) is 1. The lowest BCUT2D eigenvalue weighted by molar-refractivity contribution is -0.136. The highest BCUT2D eigenvalue weighted by molar-refractivity contribution is 5.99. The summed E-state index contributed by atoms with van der Waals surface area (Å²) < 4.78 is 5.24. The molecule has 0 bridgehead atoms. The van der Waals surface area contributed by atoms with E-state index in [1.165, 1.54) is 6.92 Å². The number of hydrogen-bond acceptors (Lipinski definition) is 5. The Morgan fingerprint density at radius 1 is 1.19 bits per heavy atom. The fraction of sp³-hybridized carbons (Fsp3) is 0.263. The molecule has 2 heterocycles. The van der Waals surface area contributed by atoms with Crippen LogP contribution in [0.15, 0.2) is 42.5 Å². The van der Waals surface area contributed by atoms with Crippen molar-refractivity contribution in [2.24, 2.45) is 0 Å². The molecule has 1 saturated heterocycles. The molecule has 26 heavy (non-hydrogen) atoms. The normalized spacial score (nSPS) is 14.7. The van der Waals surface area contributed by atoms with E-state index in [2.05, 4.69) is 10.3 Å². The van der Waals surface area contributed by atoms with Crippen LogP contribution in [-0.2, 0) is 9.53 Å². The van der Waals surface area contributed by atoms with Gasteiger partial charge >= 0.3 is 12.0 Å². The second kappa shape index (κ2) is 7.35. The number of carbonyl (C=O) groups is 3. The Bertz CT molecular complexity index is 851. The predicted molar refractivity (Wildman–Crippen MR) is 94.4 cm³/mol. The number of pyridine rings is 1. The Kier molecular flexibility index (Phi) is 4.97. The summed E-state index contributed by atoms with van der Waals surface area (Å²) in [6.07, 6.45) is -1.06. The van der Waals surface area contributed by atoms with Crippen LogP contribution in [-0.4, -0.2) is 47.0 Å². The van der Waals surface area contributed by atoms with Gasteiger partial charge in [0, 0.05) is 18.7 Å². The van der Waals surface area contributed by atoms with Crippen molar-refractivity contribution in [2.45, 2.75) is 20.0 Å². The molecule has 0 spiro atoms. The average molecular weight is 353 g/mol. The van der Waals surface area contributed by atoms with Crippen molar-refractivity contribution in [3.05, 3.63) is 53.7 Å². The van der Waals surface area contributed by atoms with Gasteiger partial charge in [-0.15, -0.1) is 0 Å². The summed E-state index contributed by atoms with van der Waals surface area (Å²) in [7, 11) is 0. The van der Waals surface area contributed by atoms with Crippen LogP contribution in [0.5, 0.6) is 0 Å². The van der Waals surface area contributed by atoms with Crippen molar-refractivity contribution in [2.75, 3.05) is 13.1 Å². The highest BCUT2D eigenvalue weighted by Gasteiger charge is 2.32. The van der Waals surface area contributed by atoms with Gasteiger partial charge in [-0.2, -0.15) is 0 Å². The summed E-state index contributed by atoms with van der Waals surface area (Å²) in [5.74, 6) is -1.19. The minimum atomic E-state index is -1.06. The lowest BCUT2D eigenvalue weighted by Gasteiger charge is -2.18. The Morgan fingerprint density at radius 3 is 2.54 bits per heavy atom. The number of imide groups is 1. The first-order valence-electron chi connectivity index (χ1n) is 8.30. The molecule has 1 aromatic heterocycles. The van der Waals surface area contributed by atoms with E-state index < -0.39 is 24.0 Å². The van der Waals surface area contributed by atoms with Crippen LogP contribution in [0.1, 0.15) is 23.0 Å². The fourth-order valence-corrected chi connectivity index (χ4v) is 2.72. The van der Waals surface area contributed by atoms with Crippen LogP contribution >= 0.6 is 0 Å². The van der Waals surface area contributed by atoms with Gasteiger partial charge in [-0.3, -0.25) is 14.7 Å². The monoisotopic (exact) mass is 353 g/mol. The van der Waals surface area contributed by atoms with Crippen LogP contribution in [0.3, 0.4) is 0 Å². The average Bonchev–Trinajstić information content (AvgIpc) is 3.07. The first-order valence-corrected chi connectivity index (χ1v) is 8.30. The Labute approximate surface area is 151 Å². The number of benzene rings is 1. The van der Waals surface area contributed by atoms with E-state index >= 15 is 0 Å². The molecule has 0 unspecified atom stereocenters. The minimum Gasteiger partial charge on any atom is -0.449 e. The van der Waals surface area contributed by atoms with Crippen LogP contribution < -0.4 is 5.32 Å². The van der Waals surface area contributed by atoms with Gasteiger partial charge in [0.2, 0.25) is 0 Å². The van der Waals surface area contributed by atoms with Crippen molar-refractivity contribution in [1.82, 2.24) is 15.2 Å². The molecule has 1 aromatic carbocycles. The maximum Gasteiger partial charge on any atom is 0.340 e. The van der Waals surface area contributed by atoms with E-state index in [0.29, 0.717) is 12.2 Å². The predicted octanol–water partition coefficient (Wildman–Crippen LogP) is 2.15. The van der Waals surface area contributed by atoms with E-state index in [9.17, 15) is 14.4 Å². The molecule has 3 rings (SSSR count). The first kappa shape index (κ1) is 17.6. The van der Waals surface area contributed by atoms with E-state index in [4.69, 9.17) is 4.74 Å². The van der Waals surface area contributed by atoms with Crippen LogP contribution in [0.2, 0.25) is 0 Å². The highest BCUT2D eigenvalue weighted by Crippen LogP contribution is 2.19. The quantitative estimate of drug-likeness (QED) is 0.851. The molecule has 2 aromatic rings. The zero-order valence-corrected chi connectivity index (χ0v) is 14.6. The smallest absolute Gasteiger partial charge is 0.340 e. The second-order valence-electron chi connectivity index (χ2n) is 5.96. The number of nitrogens with one attached hydrogen (secondary N) is 1. The maximum absolute atomic E-state index is 12.4. The Hall–Kier alpha value is -3.22. The Balaban J connectivity index is 1.71. The molecule has 1 atom stereocenters. The van der Waals surface area contributed by atoms with Gasteiger partial charge in [-0.05, 0) is 26.0 Å². The summed E-state index contributed by atoms with van der Waals surface area (Å²) in [6, 6.07) is 12.5. The van der Waals surface area contributed by atoms with Gasteiger partial charge in [0.25, 0.3) is 5.91 Å². The fourth-order valence-electron chi connectivity index (χ4n) is 2.72. The van der Waals surface area contributed by atoms with Crippen molar-refractivity contribution in [3.63, 3.8) is 0 Å². The van der Waals surface area contributed by atoms with Gasteiger partial charge in [0.15, 0.2) is 6.10 Å². The molecule has 134 valence electrons. The van der Waals surface area contributed by atoms with Gasteiger partial charge in [-0.1, -0.05) is 30.3 Å². The molecule has 3 amide bonds. The van der Waals surface area contributed by atoms with Crippen molar-refractivity contribution in [3.8, 4) is 11.3 Å². The van der Waals surface area contributed by atoms with Gasteiger partial charge in [0.1, 0.15) is 0 Å². The SMILES string of the molecule is Cc1nc(-c2ccccc2)ccc1C(=O)O[C@@H](C)C(=O)N1CCNC1=O. The third-order valence-corrected chi connectivity index (χ3v) is 4.13. The zero-order valence-electron chi connectivity index (χ0n) is 14.6. The van der Waals surface area contributed by atoms with Gasteiger partial charge in [-0.25, -0.2) is 9.59 Å². The van der Waals surface area contributed by atoms with Crippen molar-refractivity contribution < 1.29 is 19.1 Å². The van der Waals surface area contributed by atoms with Crippen LogP contribution in [0.25, 0.3) is 11.3 Å². The van der Waals surface area contributed by atoms with E-state index in [0.717, 1.165) is 16.2 Å². The number of carbonyl (C=O) groups excluding carboxylic acids is 3. The van der Waals surface area contributed by atoms with Crippen molar-refractivity contribution in [1.29, 1.82) is 0 Å². The number of rotatable bonds is 4. The number of amides is 3. The topological polar surface area (TPSA) is 88.6 Å². The number of aryl methyl sites for hydroxylation is 1. The van der Waals surface area contributed by atoms with Gasteiger partial charge < -0.3 is 10.1 Å². The molecule has 1 aliphatic rings. The molecule has 7 heteroatoms. The van der Waals surface area contributed by atoms with Crippen molar-refractivity contribution >= 4 is 17.9 Å². The van der Waals surface area contributed by atoms with Crippen LogP contribution in [0, 0.1) is 6.92 Å². The standard InChI is InChI=1S/C19H19N3O4/c1-12-15(8-9-16(21-12)14-6-4-3-5-7-14)18(24)26-13(2)17(23)22-11-10-20-19(22)25/h3-9,13H,10-11H2,1-2H3,(H,20,25)/t13-/m0/s1. The van der Waals surface area contributed by atoms with E-state index in [1.54, 1.807) is 19.1 Å². The number of nitrogens with zero attached hydrogens (tertiary/aromatic N) is 2. The maximum atomic E-state index is 12.4. The molecule has 1 N–H and O–H groups in total. The minimum absolute atomic E-state index is 0.270. The van der Waals surface area contributed by atoms with Crippen LogP contribution in [0.4, 0.5) is 4.79 Å². The molecule has 1 fully saturated rings. The number of esters is 1. The van der Waals surface area contributed by atoms with E-state index in [-0.39, 0.29) is 12.1 Å². The molecular weight excluding hydrogens is 334 g/mol. The molecule has 0 radical (unpaired) electrons. The largest absolute Gasteiger partial charge is 0.449 e. The third kappa shape index (κ3) is 3.56. The third-order valence-electron chi connectivity index (χ3n) is 4.13. The molecule has 7 nitrogen and oxygen atoms in total. The van der Waals surface area contributed by atoms with Gasteiger partial charge in [0.05, 0.1) is 17.0 Å². The first-order chi connectivity index (χ1) is 12.5. The number of urea groups is 1.